The Kier molecular flexibility index (Phi) is 4.42. The molecule has 0 amide bonds. The maximum Gasteiger partial charge on any atom is 0.0469 e. The molecular weight excluding hydrogens is 188 g/mol. The first-order chi connectivity index (χ1) is 7.34. The first kappa shape index (κ1) is 11.4. The molecule has 0 aliphatic carbocycles. The standard InChI is InChI=1S/C12H24N2O/c1-14(10-12-3-2-6-13-12)9-11-4-7-15-8-5-11/h11-13H,2-10H2,1H3/t12-/m1/s1. The van der Waals surface area contributed by atoms with E-state index in [2.05, 4.69) is 17.3 Å². The van der Waals surface area contributed by atoms with Crippen LogP contribution in [-0.4, -0.2) is 50.8 Å². The lowest BCUT2D eigenvalue weighted by molar-refractivity contribution is 0.0549. The summed E-state index contributed by atoms with van der Waals surface area (Å²) in [5.74, 6) is 0.866. The van der Waals surface area contributed by atoms with Crippen molar-refractivity contribution in [1.82, 2.24) is 10.2 Å². The topological polar surface area (TPSA) is 24.5 Å². The molecule has 88 valence electrons. The molecule has 0 spiro atoms. The number of rotatable bonds is 4. The Hall–Kier alpha value is -0.120. The van der Waals surface area contributed by atoms with Crippen molar-refractivity contribution in [1.29, 1.82) is 0 Å². The van der Waals surface area contributed by atoms with E-state index < -0.39 is 0 Å². The fourth-order valence-corrected chi connectivity index (χ4v) is 2.73. The molecule has 3 heteroatoms. The molecule has 3 nitrogen and oxygen atoms in total. The van der Waals surface area contributed by atoms with Gasteiger partial charge >= 0.3 is 0 Å². The molecule has 2 aliphatic heterocycles. The zero-order chi connectivity index (χ0) is 10.5. The molecule has 2 rings (SSSR count). The molecule has 0 radical (unpaired) electrons. The lowest BCUT2D eigenvalue weighted by atomic mass is 10.00. The van der Waals surface area contributed by atoms with Gasteiger partial charge in [-0.15, -0.1) is 0 Å². The number of nitrogens with zero attached hydrogens (tertiary/aromatic N) is 1. The van der Waals surface area contributed by atoms with E-state index in [9.17, 15) is 0 Å². The Bertz CT molecular complexity index is 174. The van der Waals surface area contributed by atoms with E-state index in [-0.39, 0.29) is 0 Å². The highest BCUT2D eigenvalue weighted by atomic mass is 16.5. The van der Waals surface area contributed by atoms with Crippen molar-refractivity contribution in [3.8, 4) is 0 Å². The summed E-state index contributed by atoms with van der Waals surface area (Å²) in [4.78, 5) is 2.50. The highest BCUT2D eigenvalue weighted by Crippen LogP contribution is 2.16. The second-order valence-corrected chi connectivity index (χ2v) is 5.07. The second kappa shape index (κ2) is 5.83. The molecule has 2 aliphatic rings. The number of likely N-dealkylation sites (N-methyl/N-ethyl adjacent to an activating group) is 1. The summed E-state index contributed by atoms with van der Waals surface area (Å²) in [6.07, 6.45) is 5.22. The first-order valence-electron chi connectivity index (χ1n) is 6.34. The van der Waals surface area contributed by atoms with Crippen molar-refractivity contribution in [3.63, 3.8) is 0 Å². The molecule has 0 aromatic heterocycles. The molecule has 0 bridgehead atoms. The lowest BCUT2D eigenvalue weighted by Gasteiger charge is -2.28. The fraction of sp³-hybridized carbons (Fsp3) is 1.00. The summed E-state index contributed by atoms with van der Waals surface area (Å²) >= 11 is 0. The third-order valence-corrected chi connectivity index (χ3v) is 3.61. The summed E-state index contributed by atoms with van der Waals surface area (Å²) in [6.45, 7) is 5.63. The van der Waals surface area contributed by atoms with Crippen LogP contribution in [0.25, 0.3) is 0 Å². The summed E-state index contributed by atoms with van der Waals surface area (Å²) in [5, 5.41) is 3.56. The van der Waals surface area contributed by atoms with E-state index in [1.807, 2.05) is 0 Å². The number of hydrogen-bond acceptors (Lipinski definition) is 3. The van der Waals surface area contributed by atoms with E-state index in [1.54, 1.807) is 0 Å². The van der Waals surface area contributed by atoms with Gasteiger partial charge in [-0.3, -0.25) is 0 Å². The van der Waals surface area contributed by atoms with Crippen LogP contribution in [0.15, 0.2) is 0 Å². The van der Waals surface area contributed by atoms with Gasteiger partial charge in [-0.1, -0.05) is 0 Å². The summed E-state index contributed by atoms with van der Waals surface area (Å²) in [6, 6.07) is 0.745. The largest absolute Gasteiger partial charge is 0.381 e. The predicted octanol–water partition coefficient (Wildman–Crippen LogP) is 1.10. The van der Waals surface area contributed by atoms with Crippen LogP contribution in [0.4, 0.5) is 0 Å². The normalized spacial score (nSPS) is 28.8. The number of ether oxygens (including phenoxy) is 1. The Morgan fingerprint density at radius 3 is 2.67 bits per heavy atom. The van der Waals surface area contributed by atoms with Crippen LogP contribution in [0.5, 0.6) is 0 Å². The molecule has 0 aromatic carbocycles. The van der Waals surface area contributed by atoms with Crippen molar-refractivity contribution in [3.05, 3.63) is 0 Å². The summed E-state index contributed by atoms with van der Waals surface area (Å²) in [5.41, 5.74) is 0. The molecule has 15 heavy (non-hydrogen) atoms. The van der Waals surface area contributed by atoms with Gasteiger partial charge in [0, 0.05) is 32.3 Å². The third-order valence-electron chi connectivity index (χ3n) is 3.61. The number of nitrogens with one attached hydrogen (secondary N) is 1. The van der Waals surface area contributed by atoms with Gasteiger partial charge in [-0.25, -0.2) is 0 Å². The molecule has 2 fully saturated rings. The molecular formula is C12H24N2O. The maximum atomic E-state index is 5.38. The van der Waals surface area contributed by atoms with Crippen LogP contribution in [-0.2, 0) is 4.74 Å². The molecule has 2 saturated heterocycles. The van der Waals surface area contributed by atoms with Gasteiger partial charge in [0.15, 0.2) is 0 Å². The summed E-state index contributed by atoms with van der Waals surface area (Å²) < 4.78 is 5.38. The minimum Gasteiger partial charge on any atom is -0.381 e. The molecule has 0 aromatic rings. The van der Waals surface area contributed by atoms with Gasteiger partial charge in [0.1, 0.15) is 0 Å². The van der Waals surface area contributed by atoms with Gasteiger partial charge in [-0.2, -0.15) is 0 Å². The van der Waals surface area contributed by atoms with Crippen LogP contribution in [0.2, 0.25) is 0 Å². The van der Waals surface area contributed by atoms with Gasteiger partial charge in [0.05, 0.1) is 0 Å². The summed E-state index contributed by atoms with van der Waals surface area (Å²) in [7, 11) is 2.26. The average molecular weight is 212 g/mol. The second-order valence-electron chi connectivity index (χ2n) is 5.07. The monoisotopic (exact) mass is 212 g/mol. The molecule has 1 N–H and O–H groups in total. The van der Waals surface area contributed by atoms with E-state index in [0.717, 1.165) is 25.2 Å². The quantitative estimate of drug-likeness (QED) is 0.755. The molecule has 0 saturated carbocycles. The van der Waals surface area contributed by atoms with Gasteiger partial charge in [0.2, 0.25) is 0 Å². The Morgan fingerprint density at radius 1 is 1.20 bits per heavy atom. The first-order valence-corrected chi connectivity index (χ1v) is 6.34. The van der Waals surface area contributed by atoms with Crippen molar-refractivity contribution >= 4 is 0 Å². The average Bonchev–Trinajstić information content (AvgIpc) is 2.71. The Labute approximate surface area is 93.2 Å². The van der Waals surface area contributed by atoms with Crippen LogP contribution < -0.4 is 5.32 Å². The van der Waals surface area contributed by atoms with E-state index >= 15 is 0 Å². The number of hydrogen-bond donors (Lipinski definition) is 1. The van der Waals surface area contributed by atoms with Crippen molar-refractivity contribution in [2.45, 2.75) is 31.7 Å². The van der Waals surface area contributed by atoms with Gasteiger partial charge < -0.3 is 15.0 Å². The van der Waals surface area contributed by atoms with Crippen molar-refractivity contribution in [2.75, 3.05) is 39.9 Å². The van der Waals surface area contributed by atoms with Crippen molar-refractivity contribution in [2.24, 2.45) is 5.92 Å². The maximum absolute atomic E-state index is 5.38. The highest BCUT2D eigenvalue weighted by Gasteiger charge is 2.19. The smallest absolute Gasteiger partial charge is 0.0469 e. The van der Waals surface area contributed by atoms with Crippen LogP contribution in [0.1, 0.15) is 25.7 Å². The zero-order valence-electron chi connectivity index (χ0n) is 9.87. The lowest BCUT2D eigenvalue weighted by Crippen LogP contribution is -2.38. The Balaban J connectivity index is 1.64. The molecule has 2 heterocycles. The highest BCUT2D eigenvalue weighted by molar-refractivity contribution is 4.78. The third kappa shape index (κ3) is 3.74. The fourth-order valence-electron chi connectivity index (χ4n) is 2.73. The molecule has 1 atom stereocenters. The van der Waals surface area contributed by atoms with E-state index in [4.69, 9.17) is 4.74 Å². The minimum absolute atomic E-state index is 0.745. The van der Waals surface area contributed by atoms with E-state index in [0.29, 0.717) is 0 Å². The van der Waals surface area contributed by atoms with Crippen LogP contribution in [0.3, 0.4) is 0 Å². The van der Waals surface area contributed by atoms with Gasteiger partial charge in [-0.05, 0) is 45.2 Å². The van der Waals surface area contributed by atoms with Crippen LogP contribution >= 0.6 is 0 Å². The predicted molar refractivity (Wildman–Crippen MR) is 62.1 cm³/mol. The van der Waals surface area contributed by atoms with E-state index in [1.165, 1.54) is 45.3 Å². The zero-order valence-corrected chi connectivity index (χ0v) is 9.87. The minimum atomic E-state index is 0.745. The molecule has 0 unspecified atom stereocenters. The van der Waals surface area contributed by atoms with Crippen molar-refractivity contribution < 1.29 is 4.74 Å². The van der Waals surface area contributed by atoms with Gasteiger partial charge in [0.25, 0.3) is 0 Å². The van der Waals surface area contributed by atoms with Crippen LogP contribution in [0, 0.1) is 5.92 Å². The Morgan fingerprint density at radius 2 is 2.00 bits per heavy atom. The SMILES string of the molecule is CN(CC1CCOCC1)C[C@H]1CCCN1.